The predicted molar refractivity (Wildman–Crippen MR) is 86.3 cm³/mol. The van der Waals surface area contributed by atoms with Crippen LogP contribution in [-0.4, -0.2) is 24.8 Å². The summed E-state index contributed by atoms with van der Waals surface area (Å²) in [5.74, 6) is -1.17. The van der Waals surface area contributed by atoms with E-state index in [0.29, 0.717) is 12.9 Å². The van der Waals surface area contributed by atoms with Crippen molar-refractivity contribution < 1.29 is 23.9 Å². The molecule has 0 aliphatic heterocycles. The van der Waals surface area contributed by atoms with E-state index < -0.39 is 11.9 Å². The van der Waals surface area contributed by atoms with Gasteiger partial charge in [0.1, 0.15) is 5.75 Å². The summed E-state index contributed by atoms with van der Waals surface area (Å²) in [6.07, 6.45) is 7.93. The van der Waals surface area contributed by atoms with Crippen LogP contribution in [0.2, 0.25) is 0 Å². The minimum atomic E-state index is -0.737. The van der Waals surface area contributed by atoms with Gasteiger partial charge in [-0.15, -0.1) is 0 Å². The first-order valence-corrected chi connectivity index (χ1v) is 7.78. The molecule has 0 aromatic heterocycles. The Hall–Kier alpha value is -2.43. The van der Waals surface area contributed by atoms with E-state index in [2.05, 4.69) is 6.92 Å². The molecule has 0 saturated carbocycles. The van der Waals surface area contributed by atoms with Gasteiger partial charge in [0.25, 0.3) is 0 Å². The van der Waals surface area contributed by atoms with Gasteiger partial charge in [0.05, 0.1) is 12.2 Å². The van der Waals surface area contributed by atoms with Crippen LogP contribution in [0.1, 0.15) is 49.4 Å². The standard InChI is InChI=1S/C18H22O5/c1-2-3-4-5-8-13-22-17(20)11-12-18(21)23-16-10-7-6-9-15(16)14-19/h6-7,9-12,14H,2-5,8,13H2,1H3/b12-11+. The molecule has 0 N–H and O–H groups in total. The van der Waals surface area contributed by atoms with Crippen molar-refractivity contribution in [2.75, 3.05) is 6.61 Å². The summed E-state index contributed by atoms with van der Waals surface area (Å²) in [4.78, 5) is 33.8. The molecular formula is C18H22O5. The molecule has 0 bridgehead atoms. The third-order valence-corrected chi connectivity index (χ3v) is 3.10. The van der Waals surface area contributed by atoms with Gasteiger partial charge in [-0.25, -0.2) is 9.59 Å². The second kappa shape index (κ2) is 11.2. The quantitative estimate of drug-likeness (QED) is 0.217. The lowest BCUT2D eigenvalue weighted by Crippen LogP contribution is -2.08. The lowest BCUT2D eigenvalue weighted by atomic mass is 10.2. The fraction of sp³-hybridized carbons (Fsp3) is 0.389. The van der Waals surface area contributed by atoms with Crippen LogP contribution in [-0.2, 0) is 14.3 Å². The molecule has 124 valence electrons. The van der Waals surface area contributed by atoms with Crippen molar-refractivity contribution in [2.24, 2.45) is 0 Å². The molecule has 0 aliphatic carbocycles. The van der Waals surface area contributed by atoms with Crippen LogP contribution in [0.4, 0.5) is 0 Å². The first-order chi connectivity index (χ1) is 11.2. The maximum atomic E-state index is 11.6. The number of carbonyl (C=O) groups is 3. The fourth-order valence-corrected chi connectivity index (χ4v) is 1.88. The molecule has 5 nitrogen and oxygen atoms in total. The van der Waals surface area contributed by atoms with E-state index >= 15 is 0 Å². The fourth-order valence-electron chi connectivity index (χ4n) is 1.88. The first kappa shape index (κ1) is 18.6. The third-order valence-electron chi connectivity index (χ3n) is 3.10. The molecule has 0 spiro atoms. The molecule has 0 saturated heterocycles. The predicted octanol–water partition coefficient (Wildman–Crippen LogP) is 3.47. The SMILES string of the molecule is CCCCCCCOC(=O)/C=C/C(=O)Oc1ccccc1C=O. The highest BCUT2D eigenvalue weighted by atomic mass is 16.5. The second-order valence-corrected chi connectivity index (χ2v) is 4.99. The summed E-state index contributed by atoms with van der Waals surface area (Å²) < 4.78 is 9.97. The summed E-state index contributed by atoms with van der Waals surface area (Å²) in [6, 6.07) is 6.34. The number of para-hydroxylation sites is 1. The molecule has 0 aliphatic rings. The highest BCUT2D eigenvalue weighted by Gasteiger charge is 2.06. The van der Waals surface area contributed by atoms with Gasteiger partial charge in [-0.2, -0.15) is 0 Å². The molecule has 0 unspecified atom stereocenters. The number of benzene rings is 1. The minimum absolute atomic E-state index is 0.154. The van der Waals surface area contributed by atoms with Crippen LogP contribution in [0.25, 0.3) is 0 Å². The van der Waals surface area contributed by atoms with Crippen molar-refractivity contribution in [3.63, 3.8) is 0 Å². The number of unbranched alkanes of at least 4 members (excludes halogenated alkanes) is 4. The van der Waals surface area contributed by atoms with E-state index in [0.717, 1.165) is 37.8 Å². The van der Waals surface area contributed by atoms with Crippen LogP contribution in [0, 0.1) is 0 Å². The van der Waals surface area contributed by atoms with Crippen LogP contribution in [0.5, 0.6) is 5.75 Å². The molecule has 1 aromatic carbocycles. The van der Waals surface area contributed by atoms with Gasteiger partial charge in [0, 0.05) is 12.2 Å². The monoisotopic (exact) mass is 318 g/mol. The lowest BCUT2D eigenvalue weighted by molar-refractivity contribution is -0.138. The summed E-state index contributed by atoms with van der Waals surface area (Å²) in [5, 5.41) is 0. The Morgan fingerprint density at radius 3 is 2.43 bits per heavy atom. The zero-order chi connectivity index (χ0) is 16.9. The topological polar surface area (TPSA) is 69.7 Å². The molecule has 23 heavy (non-hydrogen) atoms. The number of ether oxygens (including phenoxy) is 2. The molecular weight excluding hydrogens is 296 g/mol. The van der Waals surface area contributed by atoms with E-state index in [1.165, 1.54) is 18.6 Å². The van der Waals surface area contributed by atoms with Gasteiger partial charge in [-0.3, -0.25) is 4.79 Å². The molecule has 1 rings (SSSR count). The van der Waals surface area contributed by atoms with Gasteiger partial charge in [-0.1, -0.05) is 44.7 Å². The van der Waals surface area contributed by atoms with Crippen LogP contribution in [0.15, 0.2) is 36.4 Å². The van der Waals surface area contributed by atoms with E-state index in [1.54, 1.807) is 12.1 Å². The van der Waals surface area contributed by atoms with Gasteiger partial charge in [-0.05, 0) is 18.6 Å². The Morgan fingerprint density at radius 2 is 1.70 bits per heavy atom. The van der Waals surface area contributed by atoms with Crippen molar-refractivity contribution in [2.45, 2.75) is 39.0 Å². The molecule has 0 heterocycles. The van der Waals surface area contributed by atoms with E-state index in [9.17, 15) is 14.4 Å². The summed E-state index contributed by atoms with van der Waals surface area (Å²) in [6.45, 7) is 2.48. The van der Waals surface area contributed by atoms with Gasteiger partial charge in [0.2, 0.25) is 0 Å². The Morgan fingerprint density at radius 1 is 1.00 bits per heavy atom. The third kappa shape index (κ3) is 7.95. The van der Waals surface area contributed by atoms with Gasteiger partial charge in [0.15, 0.2) is 6.29 Å². The minimum Gasteiger partial charge on any atom is -0.463 e. The Balaban J connectivity index is 2.31. The second-order valence-electron chi connectivity index (χ2n) is 4.99. The first-order valence-electron chi connectivity index (χ1n) is 7.78. The Labute approximate surface area is 136 Å². The summed E-state index contributed by atoms with van der Waals surface area (Å²) in [7, 11) is 0. The smallest absolute Gasteiger partial charge is 0.336 e. The Bertz CT molecular complexity index is 548. The van der Waals surface area contributed by atoms with Crippen molar-refractivity contribution in [3.05, 3.63) is 42.0 Å². The average Bonchev–Trinajstić information content (AvgIpc) is 2.56. The zero-order valence-electron chi connectivity index (χ0n) is 13.3. The molecule has 0 radical (unpaired) electrons. The molecule has 0 atom stereocenters. The van der Waals surface area contributed by atoms with Crippen LogP contribution >= 0.6 is 0 Å². The largest absolute Gasteiger partial charge is 0.463 e. The number of aldehydes is 1. The zero-order valence-corrected chi connectivity index (χ0v) is 13.3. The molecule has 5 heteroatoms. The van der Waals surface area contributed by atoms with Crippen molar-refractivity contribution >= 4 is 18.2 Å². The molecule has 0 amide bonds. The molecule has 0 fully saturated rings. The van der Waals surface area contributed by atoms with Gasteiger partial charge >= 0.3 is 11.9 Å². The number of hydrogen-bond donors (Lipinski definition) is 0. The maximum Gasteiger partial charge on any atom is 0.336 e. The van der Waals surface area contributed by atoms with E-state index in [1.807, 2.05) is 0 Å². The van der Waals surface area contributed by atoms with Crippen molar-refractivity contribution in [3.8, 4) is 5.75 Å². The van der Waals surface area contributed by atoms with Crippen LogP contribution < -0.4 is 4.74 Å². The van der Waals surface area contributed by atoms with Crippen molar-refractivity contribution in [1.29, 1.82) is 0 Å². The van der Waals surface area contributed by atoms with Gasteiger partial charge < -0.3 is 9.47 Å². The number of hydrogen-bond acceptors (Lipinski definition) is 5. The van der Waals surface area contributed by atoms with Crippen molar-refractivity contribution in [1.82, 2.24) is 0 Å². The lowest BCUT2D eigenvalue weighted by Gasteiger charge is -2.03. The number of esters is 2. The van der Waals surface area contributed by atoms with Crippen LogP contribution in [0.3, 0.4) is 0 Å². The normalized spacial score (nSPS) is 10.5. The maximum absolute atomic E-state index is 11.6. The average molecular weight is 318 g/mol. The highest BCUT2D eigenvalue weighted by molar-refractivity contribution is 5.93. The number of rotatable bonds is 10. The highest BCUT2D eigenvalue weighted by Crippen LogP contribution is 2.15. The van der Waals surface area contributed by atoms with E-state index in [-0.39, 0.29) is 11.3 Å². The summed E-state index contributed by atoms with van der Waals surface area (Å²) in [5.41, 5.74) is 0.268. The molecule has 1 aromatic rings. The summed E-state index contributed by atoms with van der Waals surface area (Å²) >= 11 is 0. The van der Waals surface area contributed by atoms with E-state index in [4.69, 9.17) is 9.47 Å². The Kier molecular flexibility index (Phi) is 9.05. The number of carbonyl (C=O) groups excluding carboxylic acids is 3.